The molecule has 7 heteroatoms. The monoisotopic (exact) mass is 571 g/mol. The van der Waals surface area contributed by atoms with Gasteiger partial charge in [-0.2, -0.15) is 0 Å². The number of allylic oxidation sites excluding steroid dienone is 1. The molecular weight excluding hydrogens is 548 g/mol. The predicted molar refractivity (Wildman–Crippen MR) is 138 cm³/mol. The first-order valence-electron chi connectivity index (χ1n) is 11.1. The van der Waals surface area contributed by atoms with Gasteiger partial charge in [0.15, 0.2) is 0 Å². The quantitative estimate of drug-likeness (QED) is 0.260. The van der Waals surface area contributed by atoms with Gasteiger partial charge in [0.25, 0.3) is 0 Å². The maximum atomic E-state index is 10.2. The van der Waals surface area contributed by atoms with Crippen LogP contribution in [0.3, 0.4) is 0 Å². The van der Waals surface area contributed by atoms with Crippen molar-refractivity contribution >= 4 is 24.0 Å². The van der Waals surface area contributed by atoms with E-state index in [9.17, 15) is 14.4 Å². The zero-order valence-electron chi connectivity index (χ0n) is 19.8. The molecule has 0 aromatic heterocycles. The number of hydrogen-bond donors (Lipinski definition) is 3. The first-order valence-corrected chi connectivity index (χ1v) is 12.5. The van der Waals surface area contributed by atoms with Crippen LogP contribution < -0.4 is 0 Å². The summed E-state index contributed by atoms with van der Waals surface area (Å²) in [5, 5.41) is 25.2. The van der Waals surface area contributed by atoms with Gasteiger partial charge in [-0.25, -0.2) is 14.4 Å². The van der Waals surface area contributed by atoms with Crippen molar-refractivity contribution in [2.45, 2.75) is 3.63 Å². The second-order valence-corrected chi connectivity index (χ2v) is 9.01. The zero-order valence-corrected chi connectivity index (χ0v) is 22.2. The van der Waals surface area contributed by atoms with Crippen LogP contribution in [-0.2, 0) is 24.7 Å². The van der Waals surface area contributed by atoms with Crippen LogP contribution in [0.15, 0.2) is 121 Å². The third-order valence-corrected chi connectivity index (χ3v) is 6.10. The number of hydrogen-bond acceptors (Lipinski definition) is 3. The van der Waals surface area contributed by atoms with E-state index in [-0.39, 0.29) is 0 Å². The molecule has 0 fully saturated rings. The first kappa shape index (κ1) is 29.1. The van der Waals surface area contributed by atoms with Crippen molar-refractivity contribution in [1.82, 2.24) is 0 Å². The Balaban J connectivity index is 0.000000174. The van der Waals surface area contributed by atoms with E-state index in [1.54, 1.807) is 116 Å². The molecule has 0 saturated carbocycles. The topological polar surface area (TPSA) is 112 Å². The Labute approximate surface area is 230 Å². The fourth-order valence-electron chi connectivity index (χ4n) is 2.99. The van der Waals surface area contributed by atoms with Crippen LogP contribution in [0.2, 0.25) is 0 Å². The van der Waals surface area contributed by atoms with Gasteiger partial charge >= 0.3 is 93.8 Å². The van der Waals surface area contributed by atoms with E-state index in [4.69, 9.17) is 15.3 Å². The maximum absolute atomic E-state index is 10.2. The van der Waals surface area contributed by atoms with Crippen molar-refractivity contribution in [2.75, 3.05) is 0 Å². The van der Waals surface area contributed by atoms with E-state index in [1.165, 1.54) is 11.1 Å². The Bertz CT molecular complexity index is 1190. The van der Waals surface area contributed by atoms with Gasteiger partial charge in [0.2, 0.25) is 0 Å². The second kappa shape index (κ2) is 15.8. The number of carbonyl (C=O) groups is 3. The van der Waals surface area contributed by atoms with E-state index >= 15 is 0 Å². The molecule has 0 spiro atoms. The van der Waals surface area contributed by atoms with Crippen LogP contribution in [0.5, 0.6) is 0 Å². The Hall–Kier alpha value is -4.09. The van der Waals surface area contributed by atoms with Crippen LogP contribution in [-0.4, -0.2) is 33.2 Å². The molecule has 185 valence electrons. The van der Waals surface area contributed by atoms with Crippen LogP contribution >= 0.6 is 0 Å². The summed E-state index contributed by atoms with van der Waals surface area (Å²) in [5.41, 5.74) is 3.90. The molecule has 0 radical (unpaired) electrons. The van der Waals surface area contributed by atoms with Gasteiger partial charge in [-0.3, -0.25) is 0 Å². The average Bonchev–Trinajstić information content (AvgIpc) is 3.32. The minimum absolute atomic E-state index is 0.331. The molecule has 0 amide bonds. The van der Waals surface area contributed by atoms with Crippen LogP contribution in [0.1, 0.15) is 45.8 Å². The fourth-order valence-corrected chi connectivity index (χ4v) is 3.87. The molecule has 4 aromatic carbocycles. The van der Waals surface area contributed by atoms with E-state index in [2.05, 4.69) is 36.4 Å². The van der Waals surface area contributed by atoms with Gasteiger partial charge in [0.1, 0.15) is 0 Å². The normalized spacial score (nSPS) is 12.1. The number of carboxylic acids is 3. The summed E-state index contributed by atoms with van der Waals surface area (Å²) in [6.45, 7) is 0. The number of fused-ring (bicyclic) bond motifs is 1. The first-order chi connectivity index (χ1) is 17.8. The molecule has 4 aromatic rings. The number of carboxylic acid groups (broad SMARTS) is 3. The molecule has 1 atom stereocenters. The Morgan fingerprint density at radius 1 is 0.514 bits per heavy atom. The van der Waals surface area contributed by atoms with Crippen molar-refractivity contribution < 1.29 is 54.4 Å². The molecule has 0 bridgehead atoms. The van der Waals surface area contributed by atoms with Crippen LogP contribution in [0.25, 0.3) is 6.08 Å². The summed E-state index contributed by atoms with van der Waals surface area (Å²) in [5.74, 6) is -2.64. The van der Waals surface area contributed by atoms with Crippen LogP contribution in [0.4, 0.5) is 0 Å². The molecule has 1 aliphatic carbocycles. The Morgan fingerprint density at radius 3 is 1.14 bits per heavy atom. The summed E-state index contributed by atoms with van der Waals surface area (Å²) in [7, 11) is 0. The standard InChI is InChI=1S/C9H7.3C7H6O2.Zr/c1-2-5-9-7-3-6-8(9)4-1;3*8-7(9)6-4-2-1-3-5-6;/h1-7H;3*1-5H,(H,8,9);. The Kier molecular flexibility index (Phi) is 12.5. The minimum atomic E-state index is -0.879. The van der Waals surface area contributed by atoms with Crippen molar-refractivity contribution in [3.63, 3.8) is 0 Å². The third kappa shape index (κ3) is 10.6. The average molecular weight is 573 g/mol. The van der Waals surface area contributed by atoms with E-state index in [1.807, 2.05) is 0 Å². The summed E-state index contributed by atoms with van der Waals surface area (Å²) < 4.78 is 0.711. The Morgan fingerprint density at radius 2 is 0.838 bits per heavy atom. The molecule has 5 rings (SSSR count). The molecule has 1 aliphatic rings. The summed E-state index contributed by atoms with van der Waals surface area (Å²) in [6.07, 6.45) is 4.50. The predicted octanol–water partition coefficient (Wildman–Crippen LogP) is 6.46. The van der Waals surface area contributed by atoms with Gasteiger partial charge in [-0.15, -0.1) is 0 Å². The molecule has 0 aliphatic heterocycles. The number of aromatic carboxylic acids is 3. The van der Waals surface area contributed by atoms with E-state index < -0.39 is 17.9 Å². The van der Waals surface area contributed by atoms with Gasteiger partial charge in [0, 0.05) is 0 Å². The summed E-state index contributed by atoms with van der Waals surface area (Å²) >= 11 is 1.59. The molecule has 37 heavy (non-hydrogen) atoms. The molecule has 0 heterocycles. The number of rotatable bonds is 3. The third-order valence-electron chi connectivity index (χ3n) is 4.86. The van der Waals surface area contributed by atoms with Crippen LogP contribution in [0, 0.1) is 0 Å². The zero-order chi connectivity index (χ0) is 27.0. The molecule has 0 saturated heterocycles. The van der Waals surface area contributed by atoms with Gasteiger partial charge in [-0.1, -0.05) is 54.6 Å². The number of benzene rings is 4. The van der Waals surface area contributed by atoms with Gasteiger partial charge < -0.3 is 15.3 Å². The van der Waals surface area contributed by atoms with Crippen molar-refractivity contribution in [3.8, 4) is 0 Å². The molecular formula is C30H25O6Zr. The van der Waals surface area contributed by atoms with E-state index in [0.29, 0.717) is 20.3 Å². The molecule has 3 N–H and O–H groups in total. The molecule has 1 unspecified atom stereocenters. The van der Waals surface area contributed by atoms with Gasteiger partial charge in [-0.05, 0) is 36.4 Å². The summed E-state index contributed by atoms with van der Waals surface area (Å²) in [6, 6.07) is 33.5. The SMILES string of the molecule is O=C(O)c1ccccc1.O=C(O)c1ccccc1.O=C(O)c1ccccc1.[Zr][CH]1C=Cc2ccccc21. The molecule has 6 nitrogen and oxygen atoms in total. The van der Waals surface area contributed by atoms with Gasteiger partial charge in [0.05, 0.1) is 16.7 Å². The fraction of sp³-hybridized carbons (Fsp3) is 0.0333. The second-order valence-electron chi connectivity index (χ2n) is 7.48. The van der Waals surface area contributed by atoms with Crippen molar-refractivity contribution in [2.24, 2.45) is 0 Å². The summed E-state index contributed by atoms with van der Waals surface area (Å²) in [4.78, 5) is 30.6. The van der Waals surface area contributed by atoms with E-state index in [0.717, 1.165) is 0 Å². The van der Waals surface area contributed by atoms with Crippen molar-refractivity contribution in [3.05, 3.63) is 149 Å². The van der Waals surface area contributed by atoms with Crippen molar-refractivity contribution in [1.29, 1.82) is 0 Å².